The number of hydrogen-bond acceptors (Lipinski definition) is 4. The molecule has 3 rings (SSSR count). The number of likely N-dealkylation sites (N-methyl/N-ethyl adjacent to an activating group) is 1. The van der Waals surface area contributed by atoms with Crippen molar-refractivity contribution in [3.63, 3.8) is 0 Å². The first kappa shape index (κ1) is 17.0. The van der Waals surface area contributed by atoms with Gasteiger partial charge in [0.25, 0.3) is 5.56 Å². The average molecular weight is 347 g/mol. The second-order valence-corrected chi connectivity index (χ2v) is 6.81. The Morgan fingerprint density at radius 3 is 2.67 bits per heavy atom. The van der Waals surface area contributed by atoms with Gasteiger partial charge in [0.2, 0.25) is 0 Å². The highest BCUT2D eigenvalue weighted by Crippen LogP contribution is 2.28. The Labute approximate surface area is 147 Å². The van der Waals surface area contributed by atoms with Crippen LogP contribution in [0.25, 0.3) is 0 Å². The zero-order valence-electron chi connectivity index (χ0n) is 14.1. The highest BCUT2D eigenvalue weighted by Gasteiger charge is 2.26. The minimum absolute atomic E-state index is 0.0891. The maximum atomic E-state index is 12.2. The molecule has 24 heavy (non-hydrogen) atoms. The standard InChI is InChI=1S/C18H23ClN4O/c1-22-11-15(14-5-3-13(10-19)4-6-14)9-16(12-22)21-17-7-8-20-23(2)18(17)24/h3-8,15-16,21H,9-12H2,1-2H3/t15-,16+/m0/s1. The Balaban J connectivity index is 1.75. The molecule has 2 aromatic rings. The Hall–Kier alpha value is -1.85. The first-order chi connectivity index (χ1) is 11.6. The second-order valence-electron chi connectivity index (χ2n) is 6.54. The van der Waals surface area contributed by atoms with E-state index in [0.717, 1.165) is 25.1 Å². The third kappa shape index (κ3) is 3.79. The van der Waals surface area contributed by atoms with E-state index < -0.39 is 0 Å². The van der Waals surface area contributed by atoms with Gasteiger partial charge in [0.05, 0.1) is 0 Å². The molecule has 1 aromatic carbocycles. The third-order valence-corrected chi connectivity index (χ3v) is 4.91. The van der Waals surface area contributed by atoms with Gasteiger partial charge < -0.3 is 10.2 Å². The number of aryl methyl sites for hydroxylation is 1. The van der Waals surface area contributed by atoms with Gasteiger partial charge in [-0.3, -0.25) is 4.79 Å². The van der Waals surface area contributed by atoms with Crippen LogP contribution >= 0.6 is 11.6 Å². The molecule has 128 valence electrons. The Bertz CT molecular complexity index is 743. The molecule has 0 radical (unpaired) electrons. The number of likely N-dealkylation sites (tertiary alicyclic amines) is 1. The minimum atomic E-state index is -0.0891. The van der Waals surface area contributed by atoms with Crippen LogP contribution in [-0.2, 0) is 12.9 Å². The van der Waals surface area contributed by atoms with E-state index in [4.69, 9.17) is 11.6 Å². The fourth-order valence-electron chi connectivity index (χ4n) is 3.38. The lowest BCUT2D eigenvalue weighted by molar-refractivity contribution is 0.235. The molecule has 1 aliphatic heterocycles. The summed E-state index contributed by atoms with van der Waals surface area (Å²) in [5.74, 6) is 0.983. The van der Waals surface area contributed by atoms with Crippen LogP contribution in [0.3, 0.4) is 0 Å². The fraction of sp³-hybridized carbons (Fsp3) is 0.444. The molecular formula is C18H23ClN4O. The zero-order chi connectivity index (χ0) is 17.1. The normalized spacial score (nSPS) is 21.6. The van der Waals surface area contributed by atoms with E-state index in [2.05, 4.69) is 46.6 Å². The number of rotatable bonds is 4. The highest BCUT2D eigenvalue weighted by molar-refractivity contribution is 6.17. The first-order valence-electron chi connectivity index (χ1n) is 8.19. The number of alkyl halides is 1. The van der Waals surface area contributed by atoms with Crippen molar-refractivity contribution in [2.24, 2.45) is 7.05 Å². The fourth-order valence-corrected chi connectivity index (χ4v) is 3.56. The quantitative estimate of drug-likeness (QED) is 0.864. The van der Waals surface area contributed by atoms with Crippen LogP contribution in [0.15, 0.2) is 41.3 Å². The lowest BCUT2D eigenvalue weighted by Crippen LogP contribution is -2.44. The van der Waals surface area contributed by atoms with Gasteiger partial charge in [-0.1, -0.05) is 24.3 Å². The molecule has 6 heteroatoms. The summed E-state index contributed by atoms with van der Waals surface area (Å²) in [6.45, 7) is 1.94. The molecule has 2 atom stereocenters. The molecule has 0 spiro atoms. The predicted octanol–water partition coefficient (Wildman–Crippen LogP) is 2.42. The lowest BCUT2D eigenvalue weighted by atomic mass is 9.88. The third-order valence-electron chi connectivity index (χ3n) is 4.60. The van der Waals surface area contributed by atoms with Gasteiger partial charge in [-0.15, -0.1) is 11.6 Å². The first-order valence-corrected chi connectivity index (χ1v) is 8.72. The summed E-state index contributed by atoms with van der Waals surface area (Å²) >= 11 is 5.87. The van der Waals surface area contributed by atoms with Gasteiger partial charge in [-0.05, 0) is 36.6 Å². The van der Waals surface area contributed by atoms with Crippen LogP contribution in [0.1, 0.15) is 23.5 Å². The molecule has 0 saturated carbocycles. The number of anilines is 1. The number of halogens is 1. The van der Waals surface area contributed by atoms with Crippen molar-refractivity contribution in [3.8, 4) is 0 Å². The van der Waals surface area contributed by atoms with Gasteiger partial charge in [0.15, 0.2) is 0 Å². The van der Waals surface area contributed by atoms with Crippen LogP contribution < -0.4 is 10.9 Å². The second kappa shape index (κ2) is 7.36. The van der Waals surface area contributed by atoms with Crippen LogP contribution in [0.4, 0.5) is 5.69 Å². The van der Waals surface area contributed by atoms with E-state index >= 15 is 0 Å². The average Bonchev–Trinajstić information content (AvgIpc) is 2.58. The van der Waals surface area contributed by atoms with Crippen molar-refractivity contribution in [1.29, 1.82) is 0 Å². The van der Waals surface area contributed by atoms with E-state index in [9.17, 15) is 4.79 Å². The number of nitrogens with one attached hydrogen (secondary N) is 1. The van der Waals surface area contributed by atoms with Crippen molar-refractivity contribution in [2.75, 3.05) is 25.5 Å². The van der Waals surface area contributed by atoms with Gasteiger partial charge in [0.1, 0.15) is 5.69 Å². The van der Waals surface area contributed by atoms with E-state index in [-0.39, 0.29) is 11.6 Å². The maximum Gasteiger partial charge on any atom is 0.289 e. The topological polar surface area (TPSA) is 50.2 Å². The highest BCUT2D eigenvalue weighted by atomic mass is 35.5. The number of aromatic nitrogens is 2. The molecule has 0 bridgehead atoms. The molecule has 0 amide bonds. The SMILES string of the molecule is CN1C[C@H](Nc2ccnn(C)c2=O)C[C@H](c2ccc(CCl)cc2)C1. The van der Waals surface area contributed by atoms with Crippen molar-refractivity contribution >= 4 is 17.3 Å². The van der Waals surface area contributed by atoms with Crippen LogP contribution in [0.5, 0.6) is 0 Å². The number of hydrogen-bond donors (Lipinski definition) is 1. The summed E-state index contributed by atoms with van der Waals surface area (Å²) in [5.41, 5.74) is 2.99. The number of benzene rings is 1. The minimum Gasteiger partial charge on any atom is -0.376 e. The summed E-state index contributed by atoms with van der Waals surface area (Å²) in [7, 11) is 3.79. The summed E-state index contributed by atoms with van der Waals surface area (Å²) < 4.78 is 1.36. The monoisotopic (exact) mass is 346 g/mol. The van der Waals surface area contributed by atoms with Crippen molar-refractivity contribution in [3.05, 3.63) is 58.0 Å². The lowest BCUT2D eigenvalue weighted by Gasteiger charge is -2.36. The molecule has 1 aliphatic rings. The van der Waals surface area contributed by atoms with Gasteiger partial charge >= 0.3 is 0 Å². The molecule has 0 unspecified atom stereocenters. The van der Waals surface area contributed by atoms with E-state index in [1.165, 1.54) is 10.2 Å². The van der Waals surface area contributed by atoms with Crippen molar-refractivity contribution in [2.45, 2.75) is 24.3 Å². The van der Waals surface area contributed by atoms with Crippen LogP contribution in [-0.4, -0.2) is 40.9 Å². The van der Waals surface area contributed by atoms with Crippen LogP contribution in [0, 0.1) is 0 Å². The molecular weight excluding hydrogens is 324 g/mol. The van der Waals surface area contributed by atoms with E-state index in [1.807, 2.05) is 0 Å². The Morgan fingerprint density at radius 1 is 1.21 bits per heavy atom. The van der Waals surface area contributed by atoms with Crippen LogP contribution in [0.2, 0.25) is 0 Å². The maximum absolute atomic E-state index is 12.2. The summed E-state index contributed by atoms with van der Waals surface area (Å²) in [6, 6.07) is 10.5. The van der Waals surface area contributed by atoms with Crippen molar-refractivity contribution < 1.29 is 0 Å². The number of piperidine rings is 1. The van der Waals surface area contributed by atoms with Crippen molar-refractivity contribution in [1.82, 2.24) is 14.7 Å². The smallest absolute Gasteiger partial charge is 0.289 e. The van der Waals surface area contributed by atoms with E-state index in [1.54, 1.807) is 19.3 Å². The molecule has 2 heterocycles. The predicted molar refractivity (Wildman–Crippen MR) is 97.7 cm³/mol. The van der Waals surface area contributed by atoms with Gasteiger partial charge in [0, 0.05) is 38.3 Å². The summed E-state index contributed by atoms with van der Waals surface area (Å²) in [5, 5.41) is 7.38. The van der Waals surface area contributed by atoms with E-state index in [0.29, 0.717) is 17.5 Å². The summed E-state index contributed by atoms with van der Waals surface area (Å²) in [4.78, 5) is 14.5. The molecule has 1 N–H and O–H groups in total. The molecule has 1 aromatic heterocycles. The van der Waals surface area contributed by atoms with Gasteiger partial charge in [-0.2, -0.15) is 5.10 Å². The zero-order valence-corrected chi connectivity index (χ0v) is 14.8. The Morgan fingerprint density at radius 2 is 1.96 bits per heavy atom. The number of nitrogens with zero attached hydrogens (tertiary/aromatic N) is 3. The van der Waals surface area contributed by atoms with Gasteiger partial charge in [-0.25, -0.2) is 4.68 Å². The molecule has 1 saturated heterocycles. The molecule has 1 fully saturated rings. The molecule has 0 aliphatic carbocycles. The Kier molecular flexibility index (Phi) is 5.21. The summed E-state index contributed by atoms with van der Waals surface area (Å²) in [6.07, 6.45) is 2.65. The molecule has 5 nitrogen and oxygen atoms in total. The largest absolute Gasteiger partial charge is 0.376 e.